The number of para-hydroxylation sites is 1. The number of terminal acetylenes is 1. The van der Waals surface area contributed by atoms with Gasteiger partial charge in [-0.05, 0) is 18.2 Å². The molecule has 6 nitrogen and oxygen atoms in total. The molecule has 2 aromatic carbocycles. The van der Waals surface area contributed by atoms with Gasteiger partial charge in [-0.2, -0.15) is 5.10 Å². The maximum atomic E-state index is 13.5. The summed E-state index contributed by atoms with van der Waals surface area (Å²) >= 11 is 0. The molecule has 3 aromatic rings. The predicted octanol–water partition coefficient (Wildman–Crippen LogP) is 1.86. The second kappa shape index (κ2) is 8.15. The van der Waals surface area contributed by atoms with Crippen molar-refractivity contribution in [2.45, 2.75) is 13.1 Å². The Morgan fingerprint density at radius 2 is 1.89 bits per heavy atom. The highest BCUT2D eigenvalue weighted by atomic mass is 19.1. The molecule has 0 unspecified atom stereocenters. The van der Waals surface area contributed by atoms with Gasteiger partial charge in [-0.1, -0.05) is 36.3 Å². The topological polar surface area (TPSA) is 73.2 Å². The number of nitrogens with zero attached hydrogens (tertiary/aromatic N) is 2. The third-order valence-corrected chi connectivity index (χ3v) is 3.83. The van der Waals surface area contributed by atoms with E-state index in [-0.39, 0.29) is 31.0 Å². The first-order valence-electron chi connectivity index (χ1n) is 8.16. The molecule has 0 atom stereocenters. The fourth-order valence-corrected chi connectivity index (χ4v) is 2.57. The van der Waals surface area contributed by atoms with Crippen molar-refractivity contribution in [3.05, 3.63) is 70.4 Å². The summed E-state index contributed by atoms with van der Waals surface area (Å²) in [6, 6.07) is 12.8. The zero-order valence-electron chi connectivity index (χ0n) is 14.3. The molecule has 0 aliphatic rings. The van der Waals surface area contributed by atoms with E-state index in [1.165, 1.54) is 22.9 Å². The van der Waals surface area contributed by atoms with Crippen LogP contribution in [0.15, 0.2) is 53.3 Å². The summed E-state index contributed by atoms with van der Waals surface area (Å²) in [5.41, 5.74) is 0.209. The van der Waals surface area contributed by atoms with Crippen LogP contribution < -0.4 is 15.6 Å². The van der Waals surface area contributed by atoms with E-state index in [0.29, 0.717) is 16.5 Å². The SMILES string of the molecule is C#CCn1nc(CNC(=O)COc2ccccc2F)c2ccccc2c1=O. The summed E-state index contributed by atoms with van der Waals surface area (Å²) in [5.74, 6) is 1.39. The second-order valence-corrected chi connectivity index (χ2v) is 5.66. The molecule has 7 heteroatoms. The number of fused-ring (bicyclic) bond motifs is 1. The Kier molecular flexibility index (Phi) is 5.47. The number of aromatic nitrogens is 2. The molecule has 1 heterocycles. The van der Waals surface area contributed by atoms with Crippen LogP contribution >= 0.6 is 0 Å². The highest BCUT2D eigenvalue weighted by Crippen LogP contribution is 2.15. The molecule has 0 spiro atoms. The molecule has 1 N–H and O–H groups in total. The summed E-state index contributed by atoms with van der Waals surface area (Å²) in [5, 5.41) is 7.99. The molecule has 1 aromatic heterocycles. The number of benzene rings is 2. The first kappa shape index (κ1) is 18.1. The molecule has 1 amide bonds. The Balaban J connectivity index is 1.74. The molecule has 136 valence electrons. The molecule has 27 heavy (non-hydrogen) atoms. The molecular weight excluding hydrogens is 349 g/mol. The maximum absolute atomic E-state index is 13.5. The van der Waals surface area contributed by atoms with E-state index >= 15 is 0 Å². The summed E-state index contributed by atoms with van der Waals surface area (Å²) in [7, 11) is 0. The van der Waals surface area contributed by atoms with Gasteiger partial charge in [-0.3, -0.25) is 9.59 Å². The van der Waals surface area contributed by atoms with E-state index in [2.05, 4.69) is 16.3 Å². The van der Waals surface area contributed by atoms with Gasteiger partial charge < -0.3 is 10.1 Å². The normalized spacial score (nSPS) is 10.4. The Bertz CT molecular complexity index is 1090. The van der Waals surface area contributed by atoms with Crippen molar-refractivity contribution >= 4 is 16.7 Å². The van der Waals surface area contributed by atoms with Gasteiger partial charge in [0.15, 0.2) is 18.2 Å². The van der Waals surface area contributed by atoms with Gasteiger partial charge in [0.25, 0.3) is 11.5 Å². The lowest BCUT2D eigenvalue weighted by atomic mass is 10.1. The maximum Gasteiger partial charge on any atom is 0.275 e. The average molecular weight is 365 g/mol. The lowest BCUT2D eigenvalue weighted by Gasteiger charge is -2.11. The van der Waals surface area contributed by atoms with E-state index in [1.54, 1.807) is 30.3 Å². The molecule has 3 rings (SSSR count). The van der Waals surface area contributed by atoms with E-state index in [0.717, 1.165) is 0 Å². The number of halogens is 1. The van der Waals surface area contributed by atoms with Crippen LogP contribution in [0.3, 0.4) is 0 Å². The Morgan fingerprint density at radius 3 is 2.63 bits per heavy atom. The van der Waals surface area contributed by atoms with Crippen LogP contribution in [0.5, 0.6) is 5.75 Å². The number of nitrogens with one attached hydrogen (secondary N) is 1. The van der Waals surface area contributed by atoms with Gasteiger partial charge in [-0.25, -0.2) is 9.07 Å². The van der Waals surface area contributed by atoms with Crippen molar-refractivity contribution in [3.63, 3.8) is 0 Å². The molecule has 0 bridgehead atoms. The summed E-state index contributed by atoms with van der Waals surface area (Å²) in [6.45, 7) is -0.241. The number of amides is 1. The Hall–Kier alpha value is -3.66. The summed E-state index contributed by atoms with van der Waals surface area (Å²) in [4.78, 5) is 24.4. The van der Waals surface area contributed by atoms with Crippen LogP contribution in [-0.4, -0.2) is 22.3 Å². The van der Waals surface area contributed by atoms with Crippen LogP contribution in [-0.2, 0) is 17.9 Å². The zero-order valence-corrected chi connectivity index (χ0v) is 14.3. The number of carbonyl (C=O) groups excluding carboxylic acids is 1. The van der Waals surface area contributed by atoms with Crippen LogP contribution in [0.2, 0.25) is 0 Å². The Morgan fingerprint density at radius 1 is 1.19 bits per heavy atom. The minimum Gasteiger partial charge on any atom is -0.481 e. The van der Waals surface area contributed by atoms with Crippen LogP contribution in [0, 0.1) is 18.2 Å². The first-order valence-corrected chi connectivity index (χ1v) is 8.16. The van der Waals surface area contributed by atoms with Crippen molar-refractivity contribution in [2.75, 3.05) is 6.61 Å². The van der Waals surface area contributed by atoms with Crippen molar-refractivity contribution in [3.8, 4) is 18.1 Å². The predicted molar refractivity (Wildman–Crippen MR) is 98.6 cm³/mol. The molecule has 0 aliphatic carbocycles. The smallest absolute Gasteiger partial charge is 0.275 e. The minimum atomic E-state index is -0.542. The molecule has 0 aliphatic heterocycles. The Labute approximate surface area is 154 Å². The van der Waals surface area contributed by atoms with Crippen LogP contribution in [0.4, 0.5) is 4.39 Å². The lowest BCUT2D eigenvalue weighted by Crippen LogP contribution is -2.31. The summed E-state index contributed by atoms with van der Waals surface area (Å²) < 4.78 is 19.9. The fraction of sp³-hybridized carbons (Fsp3) is 0.150. The highest BCUT2D eigenvalue weighted by molar-refractivity contribution is 5.84. The van der Waals surface area contributed by atoms with Gasteiger partial charge in [0.2, 0.25) is 0 Å². The monoisotopic (exact) mass is 365 g/mol. The average Bonchev–Trinajstić information content (AvgIpc) is 2.68. The number of carbonyl (C=O) groups is 1. The molecule has 0 saturated carbocycles. The van der Waals surface area contributed by atoms with E-state index in [1.807, 2.05) is 0 Å². The van der Waals surface area contributed by atoms with Gasteiger partial charge in [-0.15, -0.1) is 6.42 Å². The van der Waals surface area contributed by atoms with Gasteiger partial charge in [0.05, 0.1) is 17.6 Å². The van der Waals surface area contributed by atoms with Gasteiger partial charge in [0, 0.05) is 5.39 Å². The highest BCUT2D eigenvalue weighted by Gasteiger charge is 2.12. The molecule has 0 fully saturated rings. The lowest BCUT2D eigenvalue weighted by molar-refractivity contribution is -0.123. The third kappa shape index (κ3) is 4.12. The van der Waals surface area contributed by atoms with Crippen LogP contribution in [0.25, 0.3) is 10.8 Å². The summed E-state index contributed by atoms with van der Waals surface area (Å²) in [6.07, 6.45) is 5.29. The van der Waals surface area contributed by atoms with Crippen molar-refractivity contribution in [2.24, 2.45) is 0 Å². The van der Waals surface area contributed by atoms with Crippen molar-refractivity contribution < 1.29 is 13.9 Å². The number of hydrogen-bond acceptors (Lipinski definition) is 4. The standard InChI is InChI=1S/C20H16FN3O3/c1-2-11-24-20(26)15-8-4-3-7-14(15)17(23-24)12-22-19(25)13-27-18-10-6-5-9-16(18)21/h1,3-10H,11-13H2,(H,22,25). The fourth-order valence-electron chi connectivity index (χ4n) is 2.57. The molecular formula is C20H16FN3O3. The second-order valence-electron chi connectivity index (χ2n) is 5.66. The molecule has 0 radical (unpaired) electrons. The van der Waals surface area contributed by atoms with E-state index < -0.39 is 11.7 Å². The van der Waals surface area contributed by atoms with Crippen molar-refractivity contribution in [1.29, 1.82) is 0 Å². The largest absolute Gasteiger partial charge is 0.481 e. The van der Waals surface area contributed by atoms with Gasteiger partial charge >= 0.3 is 0 Å². The number of ether oxygens (including phenoxy) is 1. The van der Waals surface area contributed by atoms with E-state index in [4.69, 9.17) is 11.2 Å². The van der Waals surface area contributed by atoms with Gasteiger partial charge in [0.1, 0.15) is 6.54 Å². The number of rotatable bonds is 6. The third-order valence-electron chi connectivity index (χ3n) is 3.83. The minimum absolute atomic E-state index is 0.00112. The van der Waals surface area contributed by atoms with Crippen LogP contribution in [0.1, 0.15) is 5.69 Å². The first-order chi connectivity index (χ1) is 13.1. The van der Waals surface area contributed by atoms with E-state index in [9.17, 15) is 14.0 Å². The zero-order chi connectivity index (χ0) is 19.2. The van der Waals surface area contributed by atoms with Crippen molar-refractivity contribution in [1.82, 2.24) is 15.1 Å². The molecule has 0 saturated heterocycles. The quantitative estimate of drug-likeness (QED) is 0.677. The number of hydrogen-bond donors (Lipinski definition) is 1.